The summed E-state index contributed by atoms with van der Waals surface area (Å²) in [6.45, 7) is 9.16. The van der Waals surface area contributed by atoms with Crippen molar-refractivity contribution in [3.8, 4) is 0 Å². The second kappa shape index (κ2) is 7.41. The second-order valence-corrected chi connectivity index (χ2v) is 6.86. The molecule has 1 unspecified atom stereocenters. The fourth-order valence-electron chi connectivity index (χ4n) is 3.29. The summed E-state index contributed by atoms with van der Waals surface area (Å²) in [5, 5.41) is 9.54. The highest BCUT2D eigenvalue weighted by atomic mass is 32.1. The van der Waals surface area contributed by atoms with Gasteiger partial charge in [0.2, 0.25) is 0 Å². The van der Waals surface area contributed by atoms with Gasteiger partial charge in [-0.25, -0.2) is 0 Å². The van der Waals surface area contributed by atoms with Crippen LogP contribution in [0.25, 0.3) is 0 Å². The average molecular weight is 280 g/mol. The Labute approximate surface area is 122 Å². The Bertz CT molecular complexity index is 361. The Kier molecular flexibility index (Phi) is 5.86. The third-order valence-corrected chi connectivity index (χ3v) is 5.31. The van der Waals surface area contributed by atoms with Crippen LogP contribution in [0.3, 0.4) is 0 Å². The molecule has 3 heteroatoms. The summed E-state index contributed by atoms with van der Waals surface area (Å²) >= 11 is 1.89. The lowest BCUT2D eigenvalue weighted by molar-refractivity contribution is 0.182. The molecular weight excluding hydrogens is 252 g/mol. The maximum atomic E-state index is 3.73. The molecule has 2 nitrogen and oxygen atoms in total. The van der Waals surface area contributed by atoms with E-state index >= 15 is 0 Å². The summed E-state index contributed by atoms with van der Waals surface area (Å²) in [6, 6.07) is 2.27. The molecule has 0 bridgehead atoms. The van der Waals surface area contributed by atoms with E-state index in [1.807, 2.05) is 11.3 Å². The van der Waals surface area contributed by atoms with Crippen LogP contribution in [0.15, 0.2) is 11.4 Å². The van der Waals surface area contributed by atoms with E-state index in [9.17, 15) is 0 Å². The summed E-state index contributed by atoms with van der Waals surface area (Å²) in [7, 11) is 0. The fourth-order valence-corrected chi connectivity index (χ4v) is 4.24. The zero-order valence-corrected chi connectivity index (χ0v) is 13.2. The van der Waals surface area contributed by atoms with Gasteiger partial charge in [-0.1, -0.05) is 20.3 Å². The van der Waals surface area contributed by atoms with E-state index in [4.69, 9.17) is 0 Å². The summed E-state index contributed by atoms with van der Waals surface area (Å²) in [5.41, 5.74) is 2.01. The molecule has 1 atom stereocenters. The standard InChI is InChI=1S/C16H28N2S/c1-3-7-16(8-5-9-17-12-16)13-18-11-15-14(4-2)6-10-19-15/h6,10,17-18H,3-5,7-9,11-13H2,1-2H3. The summed E-state index contributed by atoms with van der Waals surface area (Å²) < 4.78 is 0. The Morgan fingerprint density at radius 3 is 3.00 bits per heavy atom. The van der Waals surface area contributed by atoms with Gasteiger partial charge in [-0.05, 0) is 54.7 Å². The Morgan fingerprint density at radius 1 is 1.42 bits per heavy atom. The summed E-state index contributed by atoms with van der Waals surface area (Å²) in [6.07, 6.45) is 6.51. The lowest BCUT2D eigenvalue weighted by atomic mass is 9.77. The first-order valence-corrected chi connectivity index (χ1v) is 8.64. The quantitative estimate of drug-likeness (QED) is 0.798. The maximum Gasteiger partial charge on any atom is 0.0302 e. The van der Waals surface area contributed by atoms with Gasteiger partial charge in [0, 0.05) is 24.5 Å². The highest BCUT2D eigenvalue weighted by Gasteiger charge is 2.30. The zero-order chi connectivity index (χ0) is 13.6. The Hall–Kier alpha value is -0.380. The molecule has 1 aliphatic heterocycles. The van der Waals surface area contributed by atoms with Crippen molar-refractivity contribution in [2.45, 2.75) is 52.5 Å². The first kappa shape index (κ1) is 15.0. The van der Waals surface area contributed by atoms with Crippen LogP contribution in [-0.4, -0.2) is 19.6 Å². The molecule has 0 aromatic carbocycles. The second-order valence-electron chi connectivity index (χ2n) is 5.86. The molecule has 1 saturated heterocycles. The predicted octanol–water partition coefficient (Wildman–Crippen LogP) is 3.57. The average Bonchev–Trinajstić information content (AvgIpc) is 2.88. The SMILES string of the molecule is CCCC1(CNCc2sccc2CC)CCCNC1. The van der Waals surface area contributed by atoms with E-state index in [-0.39, 0.29) is 0 Å². The molecule has 2 rings (SSSR count). The monoisotopic (exact) mass is 280 g/mol. The number of thiophene rings is 1. The van der Waals surface area contributed by atoms with Crippen LogP contribution in [0.1, 0.15) is 50.0 Å². The Morgan fingerprint density at radius 2 is 2.32 bits per heavy atom. The van der Waals surface area contributed by atoms with Crippen LogP contribution < -0.4 is 10.6 Å². The van der Waals surface area contributed by atoms with Crippen LogP contribution in [0.5, 0.6) is 0 Å². The number of rotatable bonds is 7. The third kappa shape index (κ3) is 4.04. The molecule has 1 fully saturated rings. The summed E-state index contributed by atoms with van der Waals surface area (Å²) in [5.74, 6) is 0. The van der Waals surface area contributed by atoms with E-state index < -0.39 is 0 Å². The van der Waals surface area contributed by atoms with Crippen molar-refractivity contribution in [1.29, 1.82) is 0 Å². The minimum atomic E-state index is 0.497. The van der Waals surface area contributed by atoms with Gasteiger partial charge < -0.3 is 10.6 Å². The van der Waals surface area contributed by atoms with Crippen molar-refractivity contribution in [3.05, 3.63) is 21.9 Å². The van der Waals surface area contributed by atoms with E-state index in [1.165, 1.54) is 49.2 Å². The van der Waals surface area contributed by atoms with Gasteiger partial charge in [0.1, 0.15) is 0 Å². The smallest absolute Gasteiger partial charge is 0.0302 e. The normalized spacial score (nSPS) is 23.7. The minimum absolute atomic E-state index is 0.497. The molecule has 0 aliphatic carbocycles. The van der Waals surface area contributed by atoms with Crippen LogP contribution in [-0.2, 0) is 13.0 Å². The molecule has 0 saturated carbocycles. The van der Waals surface area contributed by atoms with Crippen LogP contribution in [0.2, 0.25) is 0 Å². The van der Waals surface area contributed by atoms with Crippen LogP contribution >= 0.6 is 11.3 Å². The van der Waals surface area contributed by atoms with Gasteiger partial charge >= 0.3 is 0 Å². The number of piperidine rings is 1. The van der Waals surface area contributed by atoms with Crippen molar-refractivity contribution >= 4 is 11.3 Å². The van der Waals surface area contributed by atoms with Gasteiger partial charge in [-0.2, -0.15) is 0 Å². The first-order valence-electron chi connectivity index (χ1n) is 7.76. The molecule has 0 spiro atoms. The molecule has 19 heavy (non-hydrogen) atoms. The molecule has 2 heterocycles. The number of aryl methyl sites for hydroxylation is 1. The lowest BCUT2D eigenvalue weighted by Gasteiger charge is -2.38. The largest absolute Gasteiger partial charge is 0.316 e. The van der Waals surface area contributed by atoms with Crippen molar-refractivity contribution in [2.24, 2.45) is 5.41 Å². The highest BCUT2D eigenvalue weighted by Crippen LogP contribution is 2.31. The fraction of sp³-hybridized carbons (Fsp3) is 0.750. The highest BCUT2D eigenvalue weighted by molar-refractivity contribution is 7.10. The van der Waals surface area contributed by atoms with Crippen LogP contribution in [0.4, 0.5) is 0 Å². The van der Waals surface area contributed by atoms with E-state index in [0.717, 1.165) is 19.5 Å². The van der Waals surface area contributed by atoms with Crippen molar-refractivity contribution in [3.63, 3.8) is 0 Å². The zero-order valence-electron chi connectivity index (χ0n) is 12.4. The van der Waals surface area contributed by atoms with Crippen molar-refractivity contribution < 1.29 is 0 Å². The number of hydrogen-bond acceptors (Lipinski definition) is 3. The van der Waals surface area contributed by atoms with Gasteiger partial charge in [0.25, 0.3) is 0 Å². The molecule has 2 N–H and O–H groups in total. The van der Waals surface area contributed by atoms with Crippen molar-refractivity contribution in [2.75, 3.05) is 19.6 Å². The van der Waals surface area contributed by atoms with E-state index in [1.54, 1.807) is 0 Å². The molecule has 0 radical (unpaired) electrons. The molecule has 1 aliphatic rings. The number of hydrogen-bond donors (Lipinski definition) is 2. The number of nitrogens with one attached hydrogen (secondary N) is 2. The molecule has 1 aromatic heterocycles. The first-order chi connectivity index (χ1) is 9.29. The molecule has 1 aromatic rings. The van der Waals surface area contributed by atoms with Gasteiger partial charge in [0.15, 0.2) is 0 Å². The van der Waals surface area contributed by atoms with Crippen molar-refractivity contribution in [1.82, 2.24) is 10.6 Å². The van der Waals surface area contributed by atoms with Gasteiger partial charge in [-0.15, -0.1) is 11.3 Å². The Balaban J connectivity index is 1.85. The molecule has 0 amide bonds. The minimum Gasteiger partial charge on any atom is -0.316 e. The van der Waals surface area contributed by atoms with Gasteiger partial charge in [0.05, 0.1) is 0 Å². The predicted molar refractivity (Wildman–Crippen MR) is 84.8 cm³/mol. The van der Waals surface area contributed by atoms with Crippen LogP contribution in [0, 0.1) is 5.41 Å². The summed E-state index contributed by atoms with van der Waals surface area (Å²) in [4.78, 5) is 1.53. The lowest BCUT2D eigenvalue weighted by Crippen LogP contribution is -2.46. The molecule has 108 valence electrons. The van der Waals surface area contributed by atoms with E-state index in [2.05, 4.69) is 35.9 Å². The topological polar surface area (TPSA) is 24.1 Å². The maximum absolute atomic E-state index is 3.73. The van der Waals surface area contributed by atoms with Gasteiger partial charge in [-0.3, -0.25) is 0 Å². The van der Waals surface area contributed by atoms with E-state index in [0.29, 0.717) is 5.41 Å². The molecular formula is C16H28N2S. The third-order valence-electron chi connectivity index (χ3n) is 4.35.